The number of nitrogens with one attached hydrogen (secondary N) is 1. The highest BCUT2D eigenvalue weighted by Crippen LogP contribution is 2.22. The maximum atomic E-state index is 12.0. The summed E-state index contributed by atoms with van der Waals surface area (Å²) in [6.45, 7) is 4.68. The minimum atomic E-state index is -0.487. The number of hydrogen-bond acceptors (Lipinski definition) is 2. The van der Waals surface area contributed by atoms with Crippen LogP contribution >= 0.6 is 0 Å². The van der Waals surface area contributed by atoms with Crippen LogP contribution < -0.4 is 10.1 Å². The SMILES string of the molecule is CCCCCCNC(=O)C(C)Oc1ccc(-c2ccccc2)cc1. The van der Waals surface area contributed by atoms with Gasteiger partial charge in [-0.25, -0.2) is 0 Å². The molecule has 24 heavy (non-hydrogen) atoms. The summed E-state index contributed by atoms with van der Waals surface area (Å²) < 4.78 is 5.73. The van der Waals surface area contributed by atoms with Crippen molar-refractivity contribution in [1.29, 1.82) is 0 Å². The normalized spacial score (nSPS) is 11.8. The highest BCUT2D eigenvalue weighted by Gasteiger charge is 2.13. The number of carbonyl (C=O) groups excluding carboxylic acids is 1. The lowest BCUT2D eigenvalue weighted by Crippen LogP contribution is -2.36. The van der Waals surface area contributed by atoms with E-state index in [1.807, 2.05) is 42.5 Å². The molecule has 0 heterocycles. The van der Waals surface area contributed by atoms with E-state index in [1.165, 1.54) is 18.4 Å². The van der Waals surface area contributed by atoms with Crippen LogP contribution in [0.25, 0.3) is 11.1 Å². The Bertz CT molecular complexity index is 607. The van der Waals surface area contributed by atoms with Crippen LogP contribution in [-0.2, 0) is 4.79 Å². The van der Waals surface area contributed by atoms with Gasteiger partial charge in [0.15, 0.2) is 6.10 Å². The molecule has 0 spiro atoms. The van der Waals surface area contributed by atoms with E-state index in [2.05, 4.69) is 24.4 Å². The number of ether oxygens (including phenoxy) is 1. The van der Waals surface area contributed by atoms with Crippen LogP contribution in [0.1, 0.15) is 39.5 Å². The smallest absolute Gasteiger partial charge is 0.260 e. The quantitative estimate of drug-likeness (QED) is 0.671. The van der Waals surface area contributed by atoms with E-state index in [1.54, 1.807) is 6.92 Å². The van der Waals surface area contributed by atoms with Crippen molar-refractivity contribution in [2.75, 3.05) is 6.54 Å². The van der Waals surface area contributed by atoms with Crippen LogP contribution in [0, 0.1) is 0 Å². The fraction of sp³-hybridized carbons (Fsp3) is 0.381. The molecule has 2 aromatic carbocycles. The van der Waals surface area contributed by atoms with Gasteiger partial charge in [0.2, 0.25) is 0 Å². The molecule has 3 nitrogen and oxygen atoms in total. The van der Waals surface area contributed by atoms with Gasteiger partial charge < -0.3 is 10.1 Å². The first-order chi connectivity index (χ1) is 11.7. The molecule has 0 saturated carbocycles. The summed E-state index contributed by atoms with van der Waals surface area (Å²) in [4.78, 5) is 12.0. The van der Waals surface area contributed by atoms with Gasteiger partial charge in [0.1, 0.15) is 5.75 Å². The Hall–Kier alpha value is -2.29. The predicted octanol–water partition coefficient (Wildman–Crippen LogP) is 4.82. The molecule has 3 heteroatoms. The molecule has 0 fully saturated rings. The highest BCUT2D eigenvalue weighted by atomic mass is 16.5. The molecule has 0 aliphatic heterocycles. The van der Waals surface area contributed by atoms with Crippen molar-refractivity contribution < 1.29 is 9.53 Å². The zero-order valence-electron chi connectivity index (χ0n) is 14.6. The number of carbonyl (C=O) groups is 1. The summed E-state index contributed by atoms with van der Waals surface area (Å²) in [6, 6.07) is 18.0. The van der Waals surface area contributed by atoms with Gasteiger partial charge in [-0.3, -0.25) is 4.79 Å². The van der Waals surface area contributed by atoms with E-state index >= 15 is 0 Å². The van der Waals surface area contributed by atoms with Crippen molar-refractivity contribution >= 4 is 5.91 Å². The van der Waals surface area contributed by atoms with Crippen LogP contribution in [0.4, 0.5) is 0 Å². The summed E-state index contributed by atoms with van der Waals surface area (Å²) in [5.74, 6) is 0.655. The lowest BCUT2D eigenvalue weighted by molar-refractivity contribution is -0.127. The molecular formula is C21H27NO2. The number of hydrogen-bond donors (Lipinski definition) is 1. The van der Waals surface area contributed by atoms with Crippen molar-refractivity contribution in [3.8, 4) is 16.9 Å². The number of unbranched alkanes of at least 4 members (excludes halogenated alkanes) is 3. The van der Waals surface area contributed by atoms with Gasteiger partial charge in [-0.2, -0.15) is 0 Å². The zero-order valence-corrected chi connectivity index (χ0v) is 14.6. The van der Waals surface area contributed by atoms with Crippen molar-refractivity contribution in [1.82, 2.24) is 5.32 Å². The molecule has 0 aliphatic rings. The average Bonchev–Trinajstić information content (AvgIpc) is 2.62. The molecule has 1 unspecified atom stereocenters. The molecule has 1 amide bonds. The van der Waals surface area contributed by atoms with E-state index in [0.717, 1.165) is 24.9 Å². The van der Waals surface area contributed by atoms with Gasteiger partial charge in [-0.1, -0.05) is 68.7 Å². The van der Waals surface area contributed by atoms with Crippen molar-refractivity contribution in [3.63, 3.8) is 0 Å². The van der Waals surface area contributed by atoms with Crippen LogP contribution in [-0.4, -0.2) is 18.6 Å². The lowest BCUT2D eigenvalue weighted by Gasteiger charge is -2.15. The third kappa shape index (κ3) is 5.73. The summed E-state index contributed by atoms with van der Waals surface area (Å²) in [6.07, 6.45) is 4.12. The maximum absolute atomic E-state index is 12.0. The van der Waals surface area contributed by atoms with Gasteiger partial charge >= 0.3 is 0 Å². The fourth-order valence-corrected chi connectivity index (χ4v) is 2.52. The summed E-state index contributed by atoms with van der Waals surface area (Å²) in [5, 5.41) is 2.93. The van der Waals surface area contributed by atoms with Crippen LogP contribution in [0.2, 0.25) is 0 Å². The second-order valence-electron chi connectivity index (χ2n) is 6.00. The van der Waals surface area contributed by atoms with Crippen molar-refractivity contribution in [3.05, 3.63) is 54.6 Å². The predicted molar refractivity (Wildman–Crippen MR) is 99.1 cm³/mol. The topological polar surface area (TPSA) is 38.3 Å². The summed E-state index contributed by atoms with van der Waals surface area (Å²) >= 11 is 0. The minimum Gasteiger partial charge on any atom is -0.481 e. The number of benzene rings is 2. The van der Waals surface area contributed by atoms with Crippen LogP contribution in [0.5, 0.6) is 5.75 Å². The molecule has 1 N–H and O–H groups in total. The standard InChI is InChI=1S/C21H27NO2/c1-3-4-5-9-16-22-21(23)17(2)24-20-14-12-19(13-15-20)18-10-7-6-8-11-18/h6-8,10-15,17H,3-5,9,16H2,1-2H3,(H,22,23). The minimum absolute atomic E-state index is 0.0568. The van der Waals surface area contributed by atoms with E-state index in [0.29, 0.717) is 5.75 Å². The Morgan fingerprint density at radius 1 is 0.958 bits per heavy atom. The lowest BCUT2D eigenvalue weighted by atomic mass is 10.1. The Balaban J connectivity index is 1.81. The highest BCUT2D eigenvalue weighted by molar-refractivity contribution is 5.80. The molecule has 128 valence electrons. The Morgan fingerprint density at radius 3 is 2.29 bits per heavy atom. The molecule has 0 radical (unpaired) electrons. The monoisotopic (exact) mass is 325 g/mol. The van der Waals surface area contributed by atoms with Crippen LogP contribution in [0.3, 0.4) is 0 Å². The molecule has 1 atom stereocenters. The van der Waals surface area contributed by atoms with E-state index in [4.69, 9.17) is 4.74 Å². The maximum Gasteiger partial charge on any atom is 0.260 e. The van der Waals surface area contributed by atoms with Gasteiger partial charge in [-0.05, 0) is 36.6 Å². The van der Waals surface area contributed by atoms with E-state index < -0.39 is 6.10 Å². The second kappa shape index (κ2) is 9.76. The average molecular weight is 325 g/mol. The third-order valence-corrected chi connectivity index (χ3v) is 3.97. The molecule has 0 aromatic heterocycles. The van der Waals surface area contributed by atoms with Gasteiger partial charge in [-0.15, -0.1) is 0 Å². The first kappa shape index (κ1) is 18.1. The third-order valence-electron chi connectivity index (χ3n) is 3.97. The molecule has 0 saturated heterocycles. The summed E-state index contributed by atoms with van der Waals surface area (Å²) in [5.41, 5.74) is 2.30. The Kier molecular flexibility index (Phi) is 7.34. The largest absolute Gasteiger partial charge is 0.481 e. The first-order valence-electron chi connectivity index (χ1n) is 8.80. The summed E-state index contributed by atoms with van der Waals surface area (Å²) in [7, 11) is 0. The molecular weight excluding hydrogens is 298 g/mol. The molecule has 0 aliphatic carbocycles. The van der Waals surface area contributed by atoms with Crippen molar-refractivity contribution in [2.45, 2.75) is 45.6 Å². The number of amides is 1. The van der Waals surface area contributed by atoms with E-state index in [-0.39, 0.29) is 5.91 Å². The van der Waals surface area contributed by atoms with Gasteiger partial charge in [0.05, 0.1) is 0 Å². The first-order valence-corrected chi connectivity index (χ1v) is 8.80. The number of rotatable bonds is 9. The van der Waals surface area contributed by atoms with Gasteiger partial charge in [0, 0.05) is 6.54 Å². The zero-order chi connectivity index (χ0) is 17.2. The van der Waals surface area contributed by atoms with Crippen LogP contribution in [0.15, 0.2) is 54.6 Å². The second-order valence-corrected chi connectivity index (χ2v) is 6.00. The van der Waals surface area contributed by atoms with Gasteiger partial charge in [0.25, 0.3) is 5.91 Å². The molecule has 0 bridgehead atoms. The fourth-order valence-electron chi connectivity index (χ4n) is 2.52. The Morgan fingerprint density at radius 2 is 1.62 bits per heavy atom. The van der Waals surface area contributed by atoms with E-state index in [9.17, 15) is 4.79 Å². The molecule has 2 rings (SSSR count). The molecule has 2 aromatic rings. The Labute approximate surface area is 145 Å². The van der Waals surface area contributed by atoms with Crippen molar-refractivity contribution in [2.24, 2.45) is 0 Å².